The molecule has 1 heterocycles. The molecule has 6 heteroatoms. The molecular formula is C14H14N2O2S2. The van der Waals surface area contributed by atoms with E-state index in [2.05, 4.69) is 4.72 Å². The van der Waals surface area contributed by atoms with Crippen LogP contribution in [0.5, 0.6) is 0 Å². The van der Waals surface area contributed by atoms with Gasteiger partial charge in [-0.1, -0.05) is 6.07 Å². The summed E-state index contributed by atoms with van der Waals surface area (Å²) in [5, 5.41) is 12.7. The van der Waals surface area contributed by atoms with E-state index in [0.717, 1.165) is 5.56 Å². The Balaban J connectivity index is 2.34. The van der Waals surface area contributed by atoms with Crippen molar-refractivity contribution in [2.45, 2.75) is 24.8 Å². The Morgan fingerprint density at radius 1 is 1.35 bits per heavy atom. The predicted molar refractivity (Wildman–Crippen MR) is 78.9 cm³/mol. The van der Waals surface area contributed by atoms with Gasteiger partial charge < -0.3 is 0 Å². The molecule has 0 aliphatic rings. The van der Waals surface area contributed by atoms with Gasteiger partial charge in [0.1, 0.15) is 0 Å². The third-order valence-electron chi connectivity index (χ3n) is 2.98. The highest BCUT2D eigenvalue weighted by Gasteiger charge is 2.21. The smallest absolute Gasteiger partial charge is 0.207 e. The fourth-order valence-electron chi connectivity index (χ4n) is 1.84. The highest BCUT2D eigenvalue weighted by Crippen LogP contribution is 2.21. The van der Waals surface area contributed by atoms with Crippen molar-refractivity contribution >= 4 is 21.4 Å². The molecule has 1 aromatic heterocycles. The van der Waals surface area contributed by atoms with E-state index in [1.54, 1.807) is 26.0 Å². The Morgan fingerprint density at radius 3 is 2.70 bits per heavy atom. The van der Waals surface area contributed by atoms with Gasteiger partial charge in [0.05, 0.1) is 16.5 Å². The SMILES string of the molecule is Cc1ccc(C#N)cc1S(=O)(=O)NC(C)c1ccsc1. The molecule has 0 aliphatic carbocycles. The molecule has 0 saturated carbocycles. The molecule has 0 spiro atoms. The summed E-state index contributed by atoms with van der Waals surface area (Å²) in [6.07, 6.45) is 0. The molecule has 0 saturated heterocycles. The summed E-state index contributed by atoms with van der Waals surface area (Å²) >= 11 is 1.52. The molecule has 20 heavy (non-hydrogen) atoms. The second-order valence-electron chi connectivity index (χ2n) is 4.49. The van der Waals surface area contributed by atoms with Crippen LogP contribution in [0.1, 0.15) is 29.7 Å². The van der Waals surface area contributed by atoms with Crippen molar-refractivity contribution in [1.82, 2.24) is 4.72 Å². The van der Waals surface area contributed by atoms with Gasteiger partial charge in [0.25, 0.3) is 0 Å². The lowest BCUT2D eigenvalue weighted by Gasteiger charge is -2.14. The van der Waals surface area contributed by atoms with E-state index in [1.807, 2.05) is 22.9 Å². The molecule has 0 fully saturated rings. The van der Waals surface area contributed by atoms with Crippen LogP contribution in [0, 0.1) is 18.3 Å². The van der Waals surface area contributed by atoms with Gasteiger partial charge in [-0.15, -0.1) is 0 Å². The maximum atomic E-state index is 12.4. The minimum Gasteiger partial charge on any atom is -0.207 e. The van der Waals surface area contributed by atoms with Crippen LogP contribution in [0.2, 0.25) is 0 Å². The normalized spacial score (nSPS) is 12.8. The summed E-state index contributed by atoms with van der Waals surface area (Å²) in [4.78, 5) is 0.152. The highest BCUT2D eigenvalue weighted by atomic mass is 32.2. The first kappa shape index (κ1) is 14.7. The zero-order chi connectivity index (χ0) is 14.8. The lowest BCUT2D eigenvalue weighted by Crippen LogP contribution is -2.27. The Bertz CT molecular complexity index is 744. The molecule has 1 unspecified atom stereocenters. The fourth-order valence-corrected chi connectivity index (χ4v) is 4.10. The molecule has 104 valence electrons. The number of sulfonamides is 1. The molecule has 2 rings (SSSR count). The molecule has 0 amide bonds. The lowest BCUT2D eigenvalue weighted by atomic mass is 10.2. The second-order valence-corrected chi connectivity index (χ2v) is 6.95. The minimum atomic E-state index is -3.65. The Morgan fingerprint density at radius 2 is 2.10 bits per heavy atom. The van der Waals surface area contributed by atoms with E-state index in [-0.39, 0.29) is 10.9 Å². The molecule has 0 bridgehead atoms. The number of nitriles is 1. The first-order valence-electron chi connectivity index (χ1n) is 5.99. The predicted octanol–water partition coefficient (Wildman–Crippen LogP) is 2.97. The van der Waals surface area contributed by atoms with Gasteiger partial charge in [-0.2, -0.15) is 16.6 Å². The maximum Gasteiger partial charge on any atom is 0.241 e. The van der Waals surface area contributed by atoms with Crippen LogP contribution in [0.4, 0.5) is 0 Å². The molecule has 4 nitrogen and oxygen atoms in total. The summed E-state index contributed by atoms with van der Waals surface area (Å²) in [6, 6.07) is 8.18. The third-order valence-corrected chi connectivity index (χ3v) is 5.37. The molecule has 0 radical (unpaired) electrons. The number of hydrogen-bond donors (Lipinski definition) is 1. The number of aryl methyl sites for hydroxylation is 1. The maximum absolute atomic E-state index is 12.4. The van der Waals surface area contributed by atoms with Crippen LogP contribution in [-0.2, 0) is 10.0 Å². The zero-order valence-corrected chi connectivity index (χ0v) is 12.8. The van der Waals surface area contributed by atoms with Gasteiger partial charge in [0.15, 0.2) is 0 Å². The molecule has 0 aliphatic heterocycles. The van der Waals surface area contributed by atoms with Crippen molar-refractivity contribution in [1.29, 1.82) is 5.26 Å². The van der Waals surface area contributed by atoms with Crippen LogP contribution < -0.4 is 4.72 Å². The van der Waals surface area contributed by atoms with Gasteiger partial charge in [-0.3, -0.25) is 0 Å². The topological polar surface area (TPSA) is 70.0 Å². The Labute approximate surface area is 122 Å². The third kappa shape index (κ3) is 3.07. The average molecular weight is 306 g/mol. The number of rotatable bonds is 4. The number of hydrogen-bond acceptors (Lipinski definition) is 4. The van der Waals surface area contributed by atoms with Crippen molar-refractivity contribution < 1.29 is 8.42 Å². The van der Waals surface area contributed by atoms with Gasteiger partial charge >= 0.3 is 0 Å². The average Bonchev–Trinajstić information content (AvgIpc) is 2.92. The highest BCUT2D eigenvalue weighted by molar-refractivity contribution is 7.89. The van der Waals surface area contributed by atoms with E-state index >= 15 is 0 Å². The van der Waals surface area contributed by atoms with Gasteiger partial charge in [0.2, 0.25) is 10.0 Å². The second kappa shape index (κ2) is 5.75. The molecule has 1 N–H and O–H groups in total. The van der Waals surface area contributed by atoms with E-state index in [1.165, 1.54) is 17.4 Å². The van der Waals surface area contributed by atoms with E-state index in [9.17, 15) is 8.42 Å². The molecule has 1 atom stereocenters. The van der Waals surface area contributed by atoms with E-state index in [4.69, 9.17) is 5.26 Å². The van der Waals surface area contributed by atoms with Crippen molar-refractivity contribution in [3.05, 3.63) is 51.7 Å². The number of nitrogens with zero attached hydrogens (tertiary/aromatic N) is 1. The summed E-state index contributed by atoms with van der Waals surface area (Å²) in [6.45, 7) is 3.51. The summed E-state index contributed by atoms with van der Waals surface area (Å²) < 4.78 is 27.5. The zero-order valence-electron chi connectivity index (χ0n) is 11.1. The molecule has 2 aromatic rings. The Hall–Kier alpha value is -1.68. The van der Waals surface area contributed by atoms with Crippen molar-refractivity contribution in [3.8, 4) is 6.07 Å². The lowest BCUT2D eigenvalue weighted by molar-refractivity contribution is 0.566. The van der Waals surface area contributed by atoms with Crippen molar-refractivity contribution in [3.63, 3.8) is 0 Å². The first-order valence-corrected chi connectivity index (χ1v) is 8.42. The molecular weight excluding hydrogens is 292 g/mol. The number of nitrogens with one attached hydrogen (secondary N) is 1. The van der Waals surface area contributed by atoms with Crippen LogP contribution in [-0.4, -0.2) is 8.42 Å². The fraction of sp³-hybridized carbons (Fsp3) is 0.214. The van der Waals surface area contributed by atoms with Gasteiger partial charge in [-0.25, -0.2) is 13.1 Å². The van der Waals surface area contributed by atoms with E-state index < -0.39 is 10.0 Å². The molecule has 1 aromatic carbocycles. The first-order chi connectivity index (χ1) is 9.44. The minimum absolute atomic E-state index is 0.152. The van der Waals surface area contributed by atoms with Crippen LogP contribution >= 0.6 is 11.3 Å². The van der Waals surface area contributed by atoms with Crippen LogP contribution in [0.25, 0.3) is 0 Å². The van der Waals surface area contributed by atoms with Gasteiger partial charge in [-0.05, 0) is 53.9 Å². The standard InChI is InChI=1S/C14H14N2O2S2/c1-10-3-4-12(8-15)7-14(10)20(17,18)16-11(2)13-5-6-19-9-13/h3-7,9,11,16H,1-2H3. The number of benzene rings is 1. The summed E-state index contributed by atoms with van der Waals surface area (Å²) in [7, 11) is -3.65. The summed E-state index contributed by atoms with van der Waals surface area (Å²) in [5.41, 5.74) is 1.88. The Kier molecular flexibility index (Phi) is 4.23. The largest absolute Gasteiger partial charge is 0.241 e. The van der Waals surface area contributed by atoms with Crippen molar-refractivity contribution in [2.24, 2.45) is 0 Å². The quantitative estimate of drug-likeness (QED) is 0.944. The number of thiophene rings is 1. The summed E-state index contributed by atoms with van der Waals surface area (Å²) in [5.74, 6) is 0. The van der Waals surface area contributed by atoms with E-state index in [0.29, 0.717) is 11.1 Å². The van der Waals surface area contributed by atoms with Crippen LogP contribution in [0.3, 0.4) is 0 Å². The van der Waals surface area contributed by atoms with Crippen molar-refractivity contribution in [2.75, 3.05) is 0 Å². The van der Waals surface area contributed by atoms with Crippen LogP contribution in [0.15, 0.2) is 39.9 Å². The van der Waals surface area contributed by atoms with Gasteiger partial charge in [0, 0.05) is 6.04 Å². The monoisotopic (exact) mass is 306 g/mol.